The zero-order valence-electron chi connectivity index (χ0n) is 8.54. The smallest absolute Gasteiger partial charge is 0.341 e. The van der Waals surface area contributed by atoms with Crippen LogP contribution in [0.15, 0.2) is 48.8 Å². The van der Waals surface area contributed by atoms with Gasteiger partial charge in [0.15, 0.2) is 6.61 Å². The average molecular weight is 217 g/mol. The maximum Gasteiger partial charge on any atom is 0.341 e. The van der Waals surface area contributed by atoms with Crippen molar-refractivity contribution in [2.24, 2.45) is 0 Å². The van der Waals surface area contributed by atoms with E-state index in [1.807, 2.05) is 41.2 Å². The highest BCUT2D eigenvalue weighted by Gasteiger charge is 1.99. The minimum Gasteiger partial charge on any atom is -0.482 e. The molecule has 1 heterocycles. The molecule has 82 valence electrons. The third-order valence-electron chi connectivity index (χ3n) is 2.10. The van der Waals surface area contributed by atoms with Gasteiger partial charge in [-0.3, -0.25) is 0 Å². The van der Waals surface area contributed by atoms with Crippen molar-refractivity contribution >= 4 is 5.97 Å². The third-order valence-corrected chi connectivity index (χ3v) is 2.10. The average Bonchev–Trinajstić information content (AvgIpc) is 2.80. The number of carboxylic acids is 1. The molecule has 0 radical (unpaired) electrons. The Labute approximate surface area is 92.7 Å². The van der Waals surface area contributed by atoms with Crippen molar-refractivity contribution in [2.45, 2.75) is 0 Å². The summed E-state index contributed by atoms with van der Waals surface area (Å²) < 4.78 is 6.99. The van der Waals surface area contributed by atoms with E-state index in [0.717, 1.165) is 5.69 Å². The lowest BCUT2D eigenvalue weighted by Crippen LogP contribution is -2.09. The van der Waals surface area contributed by atoms with Gasteiger partial charge in [0, 0.05) is 18.1 Å². The summed E-state index contributed by atoms with van der Waals surface area (Å²) in [6.45, 7) is -0.317. The molecule has 0 aliphatic rings. The van der Waals surface area contributed by atoms with Gasteiger partial charge in [0.25, 0.3) is 0 Å². The van der Waals surface area contributed by atoms with Crippen LogP contribution in [0.1, 0.15) is 0 Å². The second kappa shape index (κ2) is 4.53. The van der Waals surface area contributed by atoms with Gasteiger partial charge >= 0.3 is 5.97 Å². The van der Waals surface area contributed by atoms with Crippen LogP contribution >= 0.6 is 0 Å². The van der Waals surface area contributed by atoms with Crippen molar-refractivity contribution in [1.29, 1.82) is 0 Å². The van der Waals surface area contributed by atoms with Crippen molar-refractivity contribution in [3.05, 3.63) is 48.8 Å². The number of carboxylic acid groups (broad SMARTS) is 1. The number of aromatic nitrogens is 1. The summed E-state index contributed by atoms with van der Waals surface area (Å²) in [5.74, 6) is -0.423. The molecule has 0 aliphatic carbocycles. The predicted octanol–water partition coefficient (Wildman–Crippen LogP) is 1.94. The van der Waals surface area contributed by atoms with Gasteiger partial charge in [-0.1, -0.05) is 0 Å². The molecule has 0 saturated heterocycles. The number of hydrogen-bond donors (Lipinski definition) is 1. The Morgan fingerprint density at radius 2 is 1.81 bits per heavy atom. The zero-order valence-corrected chi connectivity index (χ0v) is 8.54. The molecule has 0 amide bonds. The molecule has 2 rings (SSSR count). The van der Waals surface area contributed by atoms with E-state index in [4.69, 9.17) is 9.84 Å². The van der Waals surface area contributed by atoms with Crippen LogP contribution in [-0.4, -0.2) is 22.2 Å². The number of benzene rings is 1. The molecule has 0 bridgehead atoms. The number of rotatable bonds is 4. The Morgan fingerprint density at radius 3 is 2.38 bits per heavy atom. The maximum absolute atomic E-state index is 10.3. The molecule has 1 N–H and O–H groups in total. The van der Waals surface area contributed by atoms with E-state index in [1.54, 1.807) is 12.1 Å². The predicted molar refractivity (Wildman–Crippen MR) is 58.9 cm³/mol. The molecule has 0 unspecified atom stereocenters. The van der Waals surface area contributed by atoms with E-state index in [1.165, 1.54) is 0 Å². The second-order valence-corrected chi connectivity index (χ2v) is 3.27. The first-order valence-corrected chi connectivity index (χ1v) is 4.84. The molecule has 1 aromatic heterocycles. The molecule has 0 saturated carbocycles. The van der Waals surface area contributed by atoms with Crippen molar-refractivity contribution in [2.75, 3.05) is 6.61 Å². The highest BCUT2D eigenvalue weighted by molar-refractivity contribution is 5.68. The van der Waals surface area contributed by atoms with Gasteiger partial charge in [-0.05, 0) is 36.4 Å². The molecule has 16 heavy (non-hydrogen) atoms. The zero-order chi connectivity index (χ0) is 11.4. The summed E-state index contributed by atoms with van der Waals surface area (Å²) >= 11 is 0. The number of ether oxygens (including phenoxy) is 1. The SMILES string of the molecule is O=C(O)COc1ccc(-n2cccc2)cc1. The van der Waals surface area contributed by atoms with Crippen LogP contribution in [-0.2, 0) is 4.79 Å². The lowest BCUT2D eigenvalue weighted by molar-refractivity contribution is -0.139. The van der Waals surface area contributed by atoms with E-state index in [-0.39, 0.29) is 6.61 Å². The molecule has 0 spiro atoms. The van der Waals surface area contributed by atoms with Crippen molar-refractivity contribution < 1.29 is 14.6 Å². The topological polar surface area (TPSA) is 51.5 Å². The van der Waals surface area contributed by atoms with Crippen LogP contribution in [0.4, 0.5) is 0 Å². The van der Waals surface area contributed by atoms with Crippen LogP contribution in [0.25, 0.3) is 5.69 Å². The summed E-state index contributed by atoms with van der Waals surface area (Å²) in [7, 11) is 0. The highest BCUT2D eigenvalue weighted by Crippen LogP contribution is 2.15. The molecule has 0 fully saturated rings. The van der Waals surface area contributed by atoms with E-state index in [0.29, 0.717) is 5.75 Å². The van der Waals surface area contributed by atoms with Crippen LogP contribution in [0.5, 0.6) is 5.75 Å². The molecule has 4 heteroatoms. The lowest BCUT2D eigenvalue weighted by Gasteiger charge is -2.05. The first kappa shape index (κ1) is 10.3. The fourth-order valence-corrected chi connectivity index (χ4v) is 1.37. The normalized spacial score (nSPS) is 10.0. The second-order valence-electron chi connectivity index (χ2n) is 3.27. The van der Waals surface area contributed by atoms with Gasteiger partial charge in [0.2, 0.25) is 0 Å². The number of hydrogen-bond acceptors (Lipinski definition) is 2. The molecule has 4 nitrogen and oxygen atoms in total. The molecule has 1 aromatic carbocycles. The first-order valence-electron chi connectivity index (χ1n) is 4.84. The van der Waals surface area contributed by atoms with Crippen LogP contribution in [0.2, 0.25) is 0 Å². The van der Waals surface area contributed by atoms with Gasteiger partial charge in [0.05, 0.1) is 0 Å². The summed E-state index contributed by atoms with van der Waals surface area (Å²) in [6, 6.07) is 11.1. The van der Waals surface area contributed by atoms with Crippen LogP contribution in [0.3, 0.4) is 0 Å². The fraction of sp³-hybridized carbons (Fsp3) is 0.0833. The Balaban J connectivity index is 2.08. The third kappa shape index (κ3) is 2.42. The number of carbonyl (C=O) groups is 1. The van der Waals surface area contributed by atoms with E-state index in [2.05, 4.69) is 0 Å². The van der Waals surface area contributed by atoms with Gasteiger partial charge in [-0.15, -0.1) is 0 Å². The van der Waals surface area contributed by atoms with Crippen LogP contribution < -0.4 is 4.74 Å². The summed E-state index contributed by atoms with van der Waals surface area (Å²) in [5.41, 5.74) is 1.01. The van der Waals surface area contributed by atoms with E-state index < -0.39 is 5.97 Å². The van der Waals surface area contributed by atoms with Crippen molar-refractivity contribution in [3.63, 3.8) is 0 Å². The monoisotopic (exact) mass is 217 g/mol. The Kier molecular flexibility index (Phi) is 2.91. The molecular weight excluding hydrogens is 206 g/mol. The minimum atomic E-state index is -0.977. The quantitative estimate of drug-likeness (QED) is 0.851. The molecule has 0 aliphatic heterocycles. The molecule has 0 atom stereocenters. The minimum absolute atomic E-state index is 0.317. The van der Waals surface area contributed by atoms with E-state index >= 15 is 0 Å². The highest BCUT2D eigenvalue weighted by atomic mass is 16.5. The molecule has 2 aromatic rings. The molecular formula is C12H11NO3. The van der Waals surface area contributed by atoms with Crippen LogP contribution in [0, 0.1) is 0 Å². The Morgan fingerprint density at radius 1 is 1.19 bits per heavy atom. The number of aliphatic carboxylic acids is 1. The summed E-state index contributed by atoms with van der Waals surface area (Å²) in [4.78, 5) is 10.3. The summed E-state index contributed by atoms with van der Waals surface area (Å²) in [6.07, 6.45) is 3.88. The van der Waals surface area contributed by atoms with Gasteiger partial charge in [-0.25, -0.2) is 4.79 Å². The Hall–Kier alpha value is -2.23. The largest absolute Gasteiger partial charge is 0.482 e. The summed E-state index contributed by atoms with van der Waals surface area (Å²) in [5, 5.41) is 8.45. The van der Waals surface area contributed by atoms with Crippen molar-refractivity contribution in [1.82, 2.24) is 4.57 Å². The number of nitrogens with zero attached hydrogens (tertiary/aromatic N) is 1. The Bertz CT molecular complexity index is 460. The van der Waals surface area contributed by atoms with Gasteiger partial charge in [-0.2, -0.15) is 0 Å². The maximum atomic E-state index is 10.3. The standard InChI is InChI=1S/C12H11NO3/c14-12(15)9-16-11-5-3-10(4-6-11)13-7-1-2-8-13/h1-8H,9H2,(H,14,15). The first-order chi connectivity index (χ1) is 7.75. The lowest BCUT2D eigenvalue weighted by atomic mass is 10.3. The van der Waals surface area contributed by atoms with Gasteiger partial charge in [0.1, 0.15) is 5.75 Å². The van der Waals surface area contributed by atoms with Gasteiger partial charge < -0.3 is 14.4 Å². The van der Waals surface area contributed by atoms with E-state index in [9.17, 15) is 4.79 Å². The fourth-order valence-electron chi connectivity index (χ4n) is 1.37. The van der Waals surface area contributed by atoms with Crippen molar-refractivity contribution in [3.8, 4) is 11.4 Å².